The van der Waals surface area contributed by atoms with E-state index >= 15 is 0 Å². The molecule has 2 aromatic carbocycles. The molecule has 0 fully saturated rings. The maximum Gasteiger partial charge on any atom is 0.243 e. The summed E-state index contributed by atoms with van der Waals surface area (Å²) in [5.74, 6) is 1.28. The van der Waals surface area contributed by atoms with Crippen molar-refractivity contribution in [2.75, 3.05) is 11.9 Å². The van der Waals surface area contributed by atoms with Crippen molar-refractivity contribution in [1.82, 2.24) is 20.4 Å². The molecular weight excluding hydrogens is 442 g/mol. The molecule has 1 amide bonds. The number of benzene rings is 2. The number of aromatic amines is 1. The summed E-state index contributed by atoms with van der Waals surface area (Å²) < 4.78 is 5.85. The number of hydrogen-bond donors (Lipinski definition) is 4. The lowest BCUT2D eigenvalue weighted by Crippen LogP contribution is -2.17. The summed E-state index contributed by atoms with van der Waals surface area (Å²) in [6, 6.07) is 20.5. The van der Waals surface area contributed by atoms with E-state index in [0.29, 0.717) is 13.0 Å². The van der Waals surface area contributed by atoms with Crippen LogP contribution in [-0.2, 0) is 4.79 Å². The van der Waals surface area contributed by atoms with Gasteiger partial charge in [-0.15, -0.1) is 0 Å². The minimum atomic E-state index is -0.336. The van der Waals surface area contributed by atoms with Crippen LogP contribution in [0.25, 0.3) is 22.3 Å². The second kappa shape index (κ2) is 12.0. The molecule has 2 heterocycles. The van der Waals surface area contributed by atoms with Crippen molar-refractivity contribution in [3.05, 3.63) is 72.6 Å². The summed E-state index contributed by atoms with van der Waals surface area (Å²) >= 11 is 0. The first kappa shape index (κ1) is 24.2. The largest absolute Gasteiger partial charge is 0.494 e. The lowest BCUT2D eigenvalue weighted by molar-refractivity contribution is -0.129. The Balaban J connectivity index is 1.33. The molecule has 0 unspecified atom stereocenters. The van der Waals surface area contributed by atoms with Crippen LogP contribution in [0.3, 0.4) is 0 Å². The molecule has 182 valence electrons. The SMILES string of the molecule is C[C@@H](Nc1ncnc2[nH]c(-c3ccc(OCCCCCCC(=O)NO)cc3)cc12)c1ccccc1. The van der Waals surface area contributed by atoms with E-state index in [4.69, 9.17) is 9.94 Å². The fraction of sp³-hybridized carbons (Fsp3) is 0.296. The van der Waals surface area contributed by atoms with Gasteiger partial charge in [0.15, 0.2) is 0 Å². The second-order valence-corrected chi connectivity index (χ2v) is 8.52. The molecule has 0 saturated carbocycles. The van der Waals surface area contributed by atoms with Gasteiger partial charge in [-0.25, -0.2) is 15.4 Å². The highest BCUT2D eigenvalue weighted by Crippen LogP contribution is 2.29. The first-order chi connectivity index (χ1) is 17.1. The van der Waals surface area contributed by atoms with Crippen LogP contribution in [0.5, 0.6) is 5.75 Å². The Morgan fingerprint density at radius 1 is 1.03 bits per heavy atom. The van der Waals surface area contributed by atoms with Gasteiger partial charge < -0.3 is 15.0 Å². The molecule has 4 rings (SSSR count). The third-order valence-corrected chi connectivity index (χ3v) is 5.94. The number of anilines is 1. The molecule has 4 N–H and O–H groups in total. The number of amides is 1. The molecule has 1 atom stereocenters. The van der Waals surface area contributed by atoms with Crippen molar-refractivity contribution in [1.29, 1.82) is 0 Å². The Morgan fingerprint density at radius 3 is 2.57 bits per heavy atom. The van der Waals surface area contributed by atoms with Gasteiger partial charge in [0.25, 0.3) is 0 Å². The Kier molecular flexibility index (Phi) is 8.30. The van der Waals surface area contributed by atoms with E-state index in [0.717, 1.165) is 59.5 Å². The van der Waals surface area contributed by atoms with E-state index in [1.807, 2.05) is 42.5 Å². The molecule has 8 nitrogen and oxygen atoms in total. The van der Waals surface area contributed by atoms with Crippen molar-refractivity contribution in [2.24, 2.45) is 0 Å². The number of carbonyl (C=O) groups is 1. The van der Waals surface area contributed by atoms with Crippen molar-refractivity contribution in [3.8, 4) is 17.0 Å². The van der Waals surface area contributed by atoms with Crippen LogP contribution in [0.1, 0.15) is 50.6 Å². The number of unbranched alkanes of at least 4 members (excludes halogenated alkanes) is 3. The minimum absolute atomic E-state index is 0.115. The first-order valence-electron chi connectivity index (χ1n) is 12.0. The van der Waals surface area contributed by atoms with E-state index in [2.05, 4.69) is 45.4 Å². The summed E-state index contributed by atoms with van der Waals surface area (Å²) in [7, 11) is 0. The number of carbonyl (C=O) groups excluding carboxylic acids is 1. The van der Waals surface area contributed by atoms with Crippen LogP contribution in [0.2, 0.25) is 0 Å². The van der Waals surface area contributed by atoms with Crippen LogP contribution in [0.4, 0.5) is 5.82 Å². The van der Waals surface area contributed by atoms with E-state index < -0.39 is 0 Å². The molecule has 0 saturated heterocycles. The molecule has 8 heteroatoms. The number of ether oxygens (including phenoxy) is 1. The van der Waals surface area contributed by atoms with Gasteiger partial charge in [0.05, 0.1) is 12.0 Å². The van der Waals surface area contributed by atoms with Gasteiger partial charge in [-0.05, 0) is 61.2 Å². The van der Waals surface area contributed by atoms with E-state index in [1.165, 1.54) is 5.56 Å². The first-order valence-corrected chi connectivity index (χ1v) is 12.0. The van der Waals surface area contributed by atoms with Crippen molar-refractivity contribution in [3.63, 3.8) is 0 Å². The van der Waals surface area contributed by atoms with Crippen LogP contribution >= 0.6 is 0 Å². The molecule has 4 aromatic rings. The summed E-state index contributed by atoms with van der Waals surface area (Å²) in [6.07, 6.45) is 5.51. The lowest BCUT2D eigenvalue weighted by Gasteiger charge is -2.15. The maximum atomic E-state index is 11.0. The number of hydroxylamine groups is 1. The van der Waals surface area contributed by atoms with Crippen molar-refractivity contribution in [2.45, 2.75) is 45.1 Å². The summed E-state index contributed by atoms with van der Waals surface area (Å²) in [4.78, 5) is 23.3. The minimum Gasteiger partial charge on any atom is -0.494 e. The Hall–Kier alpha value is -3.91. The standard InChI is InChI=1S/C27H31N5O3/c1-19(20-9-5-4-6-10-20)30-26-23-17-24(31-27(23)29-18-28-26)21-12-14-22(15-13-21)35-16-8-3-2-7-11-25(33)32-34/h4-6,9-10,12-15,17-19,34H,2-3,7-8,11,16H2,1H3,(H,32,33)(H2,28,29,30,31)/t19-/m1/s1. The van der Waals surface area contributed by atoms with Crippen LogP contribution in [0.15, 0.2) is 67.0 Å². The van der Waals surface area contributed by atoms with Gasteiger partial charge in [0, 0.05) is 18.2 Å². The Bertz CT molecular complexity index is 1220. The second-order valence-electron chi connectivity index (χ2n) is 8.52. The van der Waals surface area contributed by atoms with E-state index in [-0.39, 0.29) is 11.9 Å². The normalized spacial score (nSPS) is 11.8. The van der Waals surface area contributed by atoms with Crippen molar-refractivity contribution < 1.29 is 14.7 Å². The molecular formula is C27H31N5O3. The molecule has 0 aliphatic carbocycles. The quantitative estimate of drug-likeness (QED) is 0.120. The lowest BCUT2D eigenvalue weighted by atomic mass is 10.1. The smallest absolute Gasteiger partial charge is 0.243 e. The van der Waals surface area contributed by atoms with Gasteiger partial charge in [-0.1, -0.05) is 43.2 Å². The average Bonchev–Trinajstić information content (AvgIpc) is 3.34. The molecule has 2 aromatic heterocycles. The molecule has 0 radical (unpaired) electrons. The van der Waals surface area contributed by atoms with Crippen LogP contribution in [-0.4, -0.2) is 32.7 Å². The highest BCUT2D eigenvalue weighted by Gasteiger charge is 2.12. The number of H-pyrrole nitrogens is 1. The van der Waals surface area contributed by atoms with E-state index in [9.17, 15) is 4.79 Å². The number of rotatable bonds is 12. The zero-order valence-corrected chi connectivity index (χ0v) is 19.8. The van der Waals surface area contributed by atoms with Crippen LogP contribution < -0.4 is 15.5 Å². The van der Waals surface area contributed by atoms with Crippen molar-refractivity contribution >= 4 is 22.8 Å². The maximum absolute atomic E-state index is 11.0. The fourth-order valence-corrected chi connectivity index (χ4v) is 3.96. The zero-order valence-electron chi connectivity index (χ0n) is 19.8. The van der Waals surface area contributed by atoms with Gasteiger partial charge in [0.2, 0.25) is 5.91 Å². The summed E-state index contributed by atoms with van der Waals surface area (Å²) in [5.41, 5.74) is 5.64. The molecule has 35 heavy (non-hydrogen) atoms. The number of aromatic nitrogens is 3. The monoisotopic (exact) mass is 473 g/mol. The Labute approximate surface area is 204 Å². The van der Waals surface area contributed by atoms with Gasteiger partial charge in [0.1, 0.15) is 23.5 Å². The third kappa shape index (κ3) is 6.58. The fourth-order valence-electron chi connectivity index (χ4n) is 3.96. The molecule has 0 spiro atoms. The highest BCUT2D eigenvalue weighted by molar-refractivity contribution is 5.91. The zero-order chi connectivity index (χ0) is 24.5. The predicted molar refractivity (Wildman–Crippen MR) is 136 cm³/mol. The molecule has 0 bridgehead atoms. The topological polar surface area (TPSA) is 112 Å². The number of hydrogen-bond acceptors (Lipinski definition) is 6. The van der Waals surface area contributed by atoms with Gasteiger partial charge >= 0.3 is 0 Å². The van der Waals surface area contributed by atoms with Crippen LogP contribution in [0, 0.1) is 0 Å². The van der Waals surface area contributed by atoms with E-state index in [1.54, 1.807) is 11.8 Å². The Morgan fingerprint density at radius 2 is 1.80 bits per heavy atom. The third-order valence-electron chi connectivity index (χ3n) is 5.94. The molecule has 0 aliphatic rings. The number of nitrogens with zero attached hydrogens (tertiary/aromatic N) is 2. The summed E-state index contributed by atoms with van der Waals surface area (Å²) in [5, 5.41) is 12.9. The average molecular weight is 474 g/mol. The number of fused-ring (bicyclic) bond motifs is 1. The number of nitrogens with one attached hydrogen (secondary N) is 3. The van der Waals surface area contributed by atoms with Gasteiger partial charge in [-0.2, -0.15) is 0 Å². The highest BCUT2D eigenvalue weighted by atomic mass is 16.5. The van der Waals surface area contributed by atoms with Gasteiger partial charge in [-0.3, -0.25) is 10.0 Å². The molecule has 0 aliphatic heterocycles. The predicted octanol–water partition coefficient (Wildman–Crippen LogP) is 5.63. The summed E-state index contributed by atoms with van der Waals surface area (Å²) in [6.45, 7) is 2.74.